The van der Waals surface area contributed by atoms with E-state index in [0.717, 1.165) is 6.92 Å². The van der Waals surface area contributed by atoms with Gasteiger partial charge < -0.3 is 20.4 Å². The molecule has 4 N–H and O–H groups in total. The quantitative estimate of drug-likeness (QED) is 0.389. The number of carbonyl (C=O) groups is 3. The molecule has 3 aliphatic carbocycles. The molecule has 9 nitrogen and oxygen atoms in total. The summed E-state index contributed by atoms with van der Waals surface area (Å²) in [5, 5.41) is 45.3. The normalized spacial score (nSPS) is 28.6. The summed E-state index contributed by atoms with van der Waals surface area (Å²) in [6.45, 7) is 6.36. The number of benzene rings is 1. The van der Waals surface area contributed by atoms with Gasteiger partial charge in [0, 0.05) is 35.7 Å². The van der Waals surface area contributed by atoms with Gasteiger partial charge in [-0.05, 0) is 71.7 Å². The molecule has 0 aromatic heterocycles. The van der Waals surface area contributed by atoms with Crippen molar-refractivity contribution in [1.82, 2.24) is 9.80 Å². The van der Waals surface area contributed by atoms with Gasteiger partial charge in [0.1, 0.15) is 22.8 Å². The minimum Gasteiger partial charge on any atom is -0.510 e. The van der Waals surface area contributed by atoms with Crippen LogP contribution in [0.1, 0.15) is 66.7 Å². The van der Waals surface area contributed by atoms with Crippen molar-refractivity contribution >= 4 is 17.3 Å². The van der Waals surface area contributed by atoms with Gasteiger partial charge in [-0.25, -0.2) is 0 Å². The Bertz CT molecular complexity index is 1480. The van der Waals surface area contributed by atoms with Crippen molar-refractivity contribution in [2.75, 3.05) is 14.1 Å². The first-order valence-electron chi connectivity index (χ1n) is 13.3. The molecule has 0 spiro atoms. The minimum atomic E-state index is -4.86. The third-order valence-electron chi connectivity index (χ3n) is 9.14. The molecule has 0 fully saturated rings. The molecule has 0 bridgehead atoms. The van der Waals surface area contributed by atoms with Crippen LogP contribution in [0.4, 0.5) is 13.2 Å². The monoisotopic (exact) mass is 578 g/mol. The number of phenolic OH excluding ortho intramolecular Hbond substituents is 1. The fourth-order valence-corrected chi connectivity index (χ4v) is 7.19. The average molecular weight is 579 g/mol. The first kappa shape index (κ1) is 29.3. The highest BCUT2D eigenvalue weighted by Gasteiger charge is 2.63. The first-order valence-corrected chi connectivity index (χ1v) is 13.3. The predicted molar refractivity (Wildman–Crippen MR) is 139 cm³/mol. The van der Waals surface area contributed by atoms with Crippen molar-refractivity contribution in [3.05, 3.63) is 50.5 Å². The highest BCUT2D eigenvalue weighted by Crippen LogP contribution is 2.55. The van der Waals surface area contributed by atoms with Crippen LogP contribution in [0, 0.1) is 11.8 Å². The van der Waals surface area contributed by atoms with Gasteiger partial charge in [0.05, 0.1) is 17.2 Å². The Balaban J connectivity index is 1.76. The Morgan fingerprint density at radius 3 is 2.12 bits per heavy atom. The number of rotatable bonds is 2. The molecular formula is C29H33F3N2O7. The standard InChI is InChI=1S/C29H33F3N2O7/c1-11(35)17-24(38)21(33(5)6)16-8-12-7-13-19(23(37)18(12)26(40)28(16,41)25(17)39)22(36)15-10-34(27(2,3)4)9-14(15)20(13)29(30,31)32/h12,16,21,36,38,40-41H,7-10H2,1-6H3/t12-,16-,21-,28+/m0/s1. The number of hydrogen-bond acceptors (Lipinski definition) is 9. The van der Waals surface area contributed by atoms with Crippen LogP contribution in [0.5, 0.6) is 5.75 Å². The lowest BCUT2D eigenvalue weighted by Crippen LogP contribution is -2.63. The number of Topliss-reactive ketones (excluding diaryl/α,β-unsaturated/α-hetero) is 3. The number of phenols is 1. The van der Waals surface area contributed by atoms with E-state index in [1.165, 1.54) is 19.0 Å². The molecule has 12 heteroatoms. The summed E-state index contributed by atoms with van der Waals surface area (Å²) in [6.07, 6.45) is -5.52. The molecule has 4 atom stereocenters. The highest BCUT2D eigenvalue weighted by molar-refractivity contribution is 6.25. The second-order valence-corrected chi connectivity index (χ2v) is 12.7. The van der Waals surface area contributed by atoms with E-state index >= 15 is 0 Å². The molecule has 0 radical (unpaired) electrons. The van der Waals surface area contributed by atoms with Crippen LogP contribution >= 0.6 is 0 Å². The zero-order chi connectivity index (χ0) is 30.7. The Kier molecular flexibility index (Phi) is 6.35. The molecule has 1 aromatic rings. The molecule has 0 saturated carbocycles. The van der Waals surface area contributed by atoms with Gasteiger partial charge in [-0.3, -0.25) is 24.2 Å². The lowest BCUT2D eigenvalue weighted by atomic mass is 9.58. The molecule has 4 aliphatic rings. The number of fused-ring (bicyclic) bond motifs is 4. The maximum absolute atomic E-state index is 14.7. The van der Waals surface area contributed by atoms with E-state index in [2.05, 4.69) is 0 Å². The average Bonchev–Trinajstić information content (AvgIpc) is 3.26. The van der Waals surface area contributed by atoms with E-state index < -0.39 is 104 Å². The fraction of sp³-hybridized carbons (Fsp3) is 0.552. The molecule has 41 heavy (non-hydrogen) atoms. The SMILES string of the molecule is CC(=O)C1=C(O)[C@@H](N(C)C)[C@@H]2C[C@@H]3Cc4c(c(O)c5c(c4C(F)(F)F)CN(C(C)(C)C)C5)C(=O)C3=C(O)[C@]2(O)C1=O. The van der Waals surface area contributed by atoms with Crippen LogP contribution in [0.25, 0.3) is 0 Å². The van der Waals surface area contributed by atoms with Crippen LogP contribution in [-0.4, -0.2) is 78.9 Å². The third kappa shape index (κ3) is 3.90. The minimum absolute atomic E-state index is 0.0292. The molecule has 1 aliphatic heterocycles. The summed E-state index contributed by atoms with van der Waals surface area (Å²) in [5.41, 5.74) is -6.66. The summed E-state index contributed by atoms with van der Waals surface area (Å²) >= 11 is 0. The topological polar surface area (TPSA) is 139 Å². The fourth-order valence-electron chi connectivity index (χ4n) is 7.19. The Labute approximate surface area is 234 Å². The van der Waals surface area contributed by atoms with Crippen LogP contribution in [0.15, 0.2) is 22.7 Å². The van der Waals surface area contributed by atoms with Crippen molar-refractivity contribution in [1.29, 1.82) is 0 Å². The number of ketones is 3. The molecule has 5 rings (SSSR count). The number of halogens is 3. The second kappa shape index (κ2) is 8.89. The number of alkyl halides is 3. The van der Waals surface area contributed by atoms with E-state index in [1.54, 1.807) is 4.90 Å². The van der Waals surface area contributed by atoms with E-state index in [1.807, 2.05) is 20.8 Å². The summed E-state index contributed by atoms with van der Waals surface area (Å²) in [4.78, 5) is 42.9. The van der Waals surface area contributed by atoms with Crippen LogP contribution in [0.2, 0.25) is 0 Å². The maximum Gasteiger partial charge on any atom is 0.417 e. The Hall–Kier alpha value is -3.22. The van der Waals surface area contributed by atoms with Crippen molar-refractivity contribution < 1.29 is 48.0 Å². The third-order valence-corrected chi connectivity index (χ3v) is 9.14. The van der Waals surface area contributed by atoms with Gasteiger partial charge in [0.15, 0.2) is 17.2 Å². The lowest BCUT2D eigenvalue weighted by Gasteiger charge is -2.50. The number of carbonyl (C=O) groups excluding carboxylic acids is 3. The van der Waals surface area contributed by atoms with Gasteiger partial charge in [0.2, 0.25) is 5.78 Å². The number of aliphatic hydroxyl groups is 3. The largest absolute Gasteiger partial charge is 0.510 e. The number of allylic oxidation sites excluding steroid dienone is 1. The van der Waals surface area contributed by atoms with Crippen LogP contribution in [-0.2, 0) is 35.3 Å². The van der Waals surface area contributed by atoms with Gasteiger partial charge in [-0.2, -0.15) is 13.2 Å². The molecule has 1 heterocycles. The molecule has 0 unspecified atom stereocenters. The van der Waals surface area contributed by atoms with E-state index in [9.17, 15) is 48.0 Å². The Morgan fingerprint density at radius 1 is 1.02 bits per heavy atom. The van der Waals surface area contributed by atoms with Gasteiger partial charge in [-0.15, -0.1) is 0 Å². The zero-order valence-corrected chi connectivity index (χ0v) is 23.6. The zero-order valence-electron chi connectivity index (χ0n) is 23.6. The summed E-state index contributed by atoms with van der Waals surface area (Å²) in [6, 6.07) is -1.16. The highest BCUT2D eigenvalue weighted by atomic mass is 19.4. The summed E-state index contributed by atoms with van der Waals surface area (Å²) in [5.74, 6) is -7.92. The molecule has 222 valence electrons. The smallest absolute Gasteiger partial charge is 0.417 e. The lowest BCUT2D eigenvalue weighted by molar-refractivity contribution is -0.148. The van der Waals surface area contributed by atoms with Crippen molar-refractivity contribution in [3.63, 3.8) is 0 Å². The van der Waals surface area contributed by atoms with Crippen LogP contribution < -0.4 is 0 Å². The van der Waals surface area contributed by atoms with Gasteiger partial charge in [-0.1, -0.05) is 0 Å². The number of aromatic hydroxyl groups is 1. The molecular weight excluding hydrogens is 545 g/mol. The van der Waals surface area contributed by atoms with E-state index in [-0.39, 0.29) is 30.6 Å². The summed E-state index contributed by atoms with van der Waals surface area (Å²) < 4.78 is 44.1. The first-order chi connectivity index (χ1) is 18.7. The molecule has 0 amide bonds. The van der Waals surface area contributed by atoms with Crippen molar-refractivity contribution in [2.45, 2.75) is 77.0 Å². The van der Waals surface area contributed by atoms with Crippen molar-refractivity contribution in [2.24, 2.45) is 11.8 Å². The van der Waals surface area contributed by atoms with Crippen LogP contribution in [0.3, 0.4) is 0 Å². The number of hydrogen-bond donors (Lipinski definition) is 4. The predicted octanol–water partition coefficient (Wildman–Crippen LogP) is 3.36. The molecule has 0 saturated heterocycles. The van der Waals surface area contributed by atoms with Gasteiger partial charge >= 0.3 is 6.18 Å². The number of aliphatic hydroxyl groups excluding tert-OH is 2. The summed E-state index contributed by atoms with van der Waals surface area (Å²) in [7, 11) is 3.02. The number of nitrogens with zero attached hydrogens (tertiary/aromatic N) is 2. The number of likely N-dealkylation sites (N-methyl/N-ethyl adjacent to an activating group) is 1. The van der Waals surface area contributed by atoms with Gasteiger partial charge in [0.25, 0.3) is 0 Å². The molecule has 1 aromatic carbocycles. The maximum atomic E-state index is 14.7. The van der Waals surface area contributed by atoms with E-state index in [4.69, 9.17) is 0 Å². The second-order valence-electron chi connectivity index (χ2n) is 12.7. The van der Waals surface area contributed by atoms with E-state index in [0.29, 0.717) is 0 Å². The Morgan fingerprint density at radius 2 is 1.61 bits per heavy atom. The van der Waals surface area contributed by atoms with Crippen molar-refractivity contribution in [3.8, 4) is 5.75 Å².